The van der Waals surface area contributed by atoms with Gasteiger partial charge in [-0.05, 0) is 66.3 Å². The SMILES string of the molecule is C=N/C(CCC)=C(\C(C)=C/C)n1c(=O)nc(N2CCN(C(=O)OC(C)(C)C)C[C@@H]2C)c2cc(F)c(Cl)nc21. The Bertz CT molecular complexity index is 1360. The van der Waals surface area contributed by atoms with Gasteiger partial charge in [0.2, 0.25) is 0 Å². The molecular weight excluding hydrogens is 511 g/mol. The quantitative estimate of drug-likeness (QED) is 0.263. The van der Waals surface area contributed by atoms with E-state index in [0.29, 0.717) is 42.8 Å². The predicted molar refractivity (Wildman–Crippen MR) is 150 cm³/mol. The first-order valence-corrected chi connectivity index (χ1v) is 13.1. The third kappa shape index (κ3) is 6.06. The van der Waals surface area contributed by atoms with Crippen molar-refractivity contribution in [2.24, 2.45) is 4.99 Å². The number of carbonyl (C=O) groups excluding carboxylic acids is 1. The van der Waals surface area contributed by atoms with E-state index in [0.717, 1.165) is 12.0 Å². The van der Waals surface area contributed by atoms with Gasteiger partial charge in [-0.3, -0.25) is 4.99 Å². The molecule has 3 heterocycles. The maximum atomic E-state index is 14.8. The predicted octanol–water partition coefficient (Wildman–Crippen LogP) is 5.67. The molecule has 0 aromatic carbocycles. The minimum Gasteiger partial charge on any atom is -0.444 e. The summed E-state index contributed by atoms with van der Waals surface area (Å²) in [5.74, 6) is -0.446. The van der Waals surface area contributed by atoms with Crippen LogP contribution in [0.2, 0.25) is 5.15 Å². The highest BCUT2D eigenvalue weighted by Crippen LogP contribution is 2.32. The van der Waals surface area contributed by atoms with E-state index >= 15 is 0 Å². The number of nitrogens with zero attached hydrogens (tertiary/aromatic N) is 6. The average molecular weight is 547 g/mol. The lowest BCUT2D eigenvalue weighted by molar-refractivity contribution is 0.0218. The van der Waals surface area contributed by atoms with Crippen molar-refractivity contribution in [3.05, 3.63) is 44.9 Å². The van der Waals surface area contributed by atoms with Crippen LogP contribution in [0.25, 0.3) is 16.7 Å². The fraction of sp³-hybridized carbons (Fsp3) is 0.519. The summed E-state index contributed by atoms with van der Waals surface area (Å²) in [5.41, 5.74) is 0.814. The summed E-state index contributed by atoms with van der Waals surface area (Å²) in [4.78, 5) is 42.7. The first-order chi connectivity index (χ1) is 17.8. The number of piperazine rings is 1. The van der Waals surface area contributed by atoms with Crippen molar-refractivity contribution in [3.63, 3.8) is 0 Å². The van der Waals surface area contributed by atoms with Gasteiger partial charge in [0.25, 0.3) is 0 Å². The number of anilines is 1. The molecule has 2 aromatic rings. The monoisotopic (exact) mass is 546 g/mol. The summed E-state index contributed by atoms with van der Waals surface area (Å²) < 4.78 is 21.6. The van der Waals surface area contributed by atoms with E-state index in [4.69, 9.17) is 16.3 Å². The average Bonchev–Trinajstić information content (AvgIpc) is 2.84. The van der Waals surface area contributed by atoms with E-state index in [1.807, 2.05) is 59.4 Å². The number of hydrogen-bond acceptors (Lipinski definition) is 7. The molecule has 11 heteroatoms. The Morgan fingerprint density at radius 1 is 1.34 bits per heavy atom. The second-order valence-corrected chi connectivity index (χ2v) is 10.7. The lowest BCUT2D eigenvalue weighted by Gasteiger charge is -2.41. The van der Waals surface area contributed by atoms with Crippen LogP contribution in [0.3, 0.4) is 0 Å². The molecule has 1 aliphatic rings. The van der Waals surface area contributed by atoms with Gasteiger partial charge in [-0.25, -0.2) is 23.5 Å². The number of hydrogen-bond donors (Lipinski definition) is 0. The molecule has 0 spiro atoms. The second kappa shape index (κ2) is 11.6. The van der Waals surface area contributed by atoms with Crippen LogP contribution in [-0.4, -0.2) is 63.5 Å². The third-order valence-corrected chi connectivity index (χ3v) is 6.56. The molecule has 9 nitrogen and oxygen atoms in total. The van der Waals surface area contributed by atoms with Gasteiger partial charge in [0, 0.05) is 25.7 Å². The van der Waals surface area contributed by atoms with E-state index in [-0.39, 0.29) is 22.7 Å². The van der Waals surface area contributed by atoms with Gasteiger partial charge in [0.1, 0.15) is 11.4 Å². The normalized spacial score (nSPS) is 17.5. The number of carbonyl (C=O) groups is 1. The number of aromatic nitrogens is 3. The van der Waals surface area contributed by atoms with E-state index in [9.17, 15) is 14.0 Å². The van der Waals surface area contributed by atoms with Crippen molar-refractivity contribution < 1.29 is 13.9 Å². The fourth-order valence-electron chi connectivity index (χ4n) is 4.45. The van der Waals surface area contributed by atoms with Crippen molar-refractivity contribution in [1.82, 2.24) is 19.4 Å². The highest BCUT2D eigenvalue weighted by Gasteiger charge is 2.32. The van der Waals surface area contributed by atoms with Gasteiger partial charge >= 0.3 is 11.8 Å². The van der Waals surface area contributed by atoms with Crippen LogP contribution >= 0.6 is 11.6 Å². The smallest absolute Gasteiger partial charge is 0.410 e. The number of fused-ring (bicyclic) bond motifs is 1. The first-order valence-electron chi connectivity index (χ1n) is 12.7. The molecular formula is C27H36ClFN6O3. The molecule has 0 saturated carbocycles. The standard InChI is InChI=1S/C27H36ClFN6O3/c1-9-11-20(30-8)21(16(3)10-2)35-24-18(14-19(29)22(28)31-24)23(32-25(35)36)34-13-12-33(15-17(34)4)26(37)38-27(5,6)7/h10,14,17H,8-9,11-13,15H2,1-7H3/b16-10-,21-20+/t17-/m0/s1. The number of amides is 1. The van der Waals surface area contributed by atoms with Crippen molar-refractivity contribution in [2.75, 3.05) is 24.5 Å². The number of halogens is 2. The van der Waals surface area contributed by atoms with Crippen LogP contribution in [0.1, 0.15) is 61.3 Å². The zero-order chi connectivity index (χ0) is 28.4. The van der Waals surface area contributed by atoms with Crippen LogP contribution in [-0.2, 0) is 4.74 Å². The van der Waals surface area contributed by atoms with Gasteiger partial charge in [-0.1, -0.05) is 31.0 Å². The molecule has 1 amide bonds. The van der Waals surface area contributed by atoms with Crippen LogP contribution in [0, 0.1) is 5.82 Å². The van der Waals surface area contributed by atoms with Gasteiger partial charge < -0.3 is 14.5 Å². The van der Waals surface area contributed by atoms with Crippen molar-refractivity contribution in [3.8, 4) is 0 Å². The zero-order valence-corrected chi connectivity index (χ0v) is 23.9. The van der Waals surface area contributed by atoms with Gasteiger partial charge in [-0.15, -0.1) is 0 Å². The molecule has 1 fully saturated rings. The molecule has 38 heavy (non-hydrogen) atoms. The Hall–Kier alpha value is -3.27. The van der Waals surface area contributed by atoms with E-state index in [2.05, 4.69) is 21.7 Å². The molecule has 1 atom stereocenters. The van der Waals surface area contributed by atoms with Gasteiger partial charge in [0.15, 0.2) is 16.6 Å². The highest BCUT2D eigenvalue weighted by molar-refractivity contribution is 6.30. The first kappa shape index (κ1) is 29.3. The second-order valence-electron chi connectivity index (χ2n) is 10.3. The van der Waals surface area contributed by atoms with Crippen LogP contribution < -0.4 is 10.6 Å². The number of aliphatic imine (C=N–C) groups is 1. The molecule has 0 radical (unpaired) electrons. The Morgan fingerprint density at radius 3 is 2.58 bits per heavy atom. The molecule has 3 rings (SSSR count). The minimum absolute atomic E-state index is 0.168. The minimum atomic E-state index is -0.726. The summed E-state index contributed by atoms with van der Waals surface area (Å²) in [6.45, 7) is 17.8. The molecule has 2 aromatic heterocycles. The summed E-state index contributed by atoms with van der Waals surface area (Å²) in [6, 6.07) is 1.01. The van der Waals surface area contributed by atoms with E-state index in [1.54, 1.807) is 4.90 Å². The maximum Gasteiger partial charge on any atom is 0.410 e. The number of pyridine rings is 1. The molecule has 1 saturated heterocycles. The van der Waals surface area contributed by atoms with Crippen LogP contribution in [0.5, 0.6) is 0 Å². The maximum absolute atomic E-state index is 14.8. The van der Waals surface area contributed by atoms with Crippen molar-refractivity contribution in [1.29, 1.82) is 0 Å². The van der Waals surface area contributed by atoms with Crippen molar-refractivity contribution >= 4 is 47.0 Å². The number of allylic oxidation sites excluding steroid dienone is 4. The molecule has 206 valence electrons. The molecule has 1 aliphatic heterocycles. The van der Waals surface area contributed by atoms with Gasteiger partial charge in [0.05, 0.1) is 16.8 Å². The third-order valence-electron chi connectivity index (χ3n) is 6.29. The zero-order valence-electron chi connectivity index (χ0n) is 23.1. The summed E-state index contributed by atoms with van der Waals surface area (Å²) in [7, 11) is 0. The Labute approximate surface area is 227 Å². The molecule has 0 aliphatic carbocycles. The van der Waals surface area contributed by atoms with Crippen LogP contribution in [0.15, 0.2) is 33.2 Å². The number of rotatable bonds is 6. The Balaban J connectivity index is 2.20. The summed E-state index contributed by atoms with van der Waals surface area (Å²) in [5, 5.41) is -0.0305. The number of ether oxygens (including phenoxy) is 1. The largest absolute Gasteiger partial charge is 0.444 e. The lowest BCUT2D eigenvalue weighted by Crippen LogP contribution is -2.55. The summed E-state index contributed by atoms with van der Waals surface area (Å²) >= 11 is 6.12. The molecule has 0 unspecified atom stereocenters. The molecule has 0 bridgehead atoms. The van der Waals surface area contributed by atoms with E-state index in [1.165, 1.54) is 10.6 Å². The molecule has 0 N–H and O–H groups in total. The Kier molecular flexibility index (Phi) is 8.97. The summed E-state index contributed by atoms with van der Waals surface area (Å²) in [6.07, 6.45) is 2.78. The highest BCUT2D eigenvalue weighted by atomic mass is 35.5. The topological polar surface area (TPSA) is 92.9 Å². The lowest BCUT2D eigenvalue weighted by atomic mass is 10.1. The van der Waals surface area contributed by atoms with Crippen LogP contribution in [0.4, 0.5) is 15.0 Å². The fourth-order valence-corrected chi connectivity index (χ4v) is 4.58. The Morgan fingerprint density at radius 2 is 2.03 bits per heavy atom. The van der Waals surface area contributed by atoms with Gasteiger partial charge in [-0.2, -0.15) is 4.98 Å². The van der Waals surface area contributed by atoms with Crippen molar-refractivity contribution in [2.45, 2.75) is 73.0 Å². The van der Waals surface area contributed by atoms with E-state index < -0.39 is 23.2 Å².